The van der Waals surface area contributed by atoms with Crippen molar-refractivity contribution in [3.8, 4) is 5.69 Å². The smallest absolute Gasteiger partial charge is 0.420 e. The fourth-order valence-corrected chi connectivity index (χ4v) is 4.92. The number of aromatic nitrogens is 2. The Morgan fingerprint density at radius 1 is 1.02 bits per heavy atom. The van der Waals surface area contributed by atoms with E-state index < -0.39 is 48.6 Å². The molecule has 1 aromatic heterocycles. The third-order valence-electron chi connectivity index (χ3n) is 7.48. The Labute approximate surface area is 259 Å². The highest BCUT2D eigenvalue weighted by Gasteiger charge is 2.58. The second-order valence-corrected chi connectivity index (χ2v) is 11.6. The summed E-state index contributed by atoms with van der Waals surface area (Å²) in [6.45, 7) is 6.42. The van der Waals surface area contributed by atoms with E-state index in [1.54, 1.807) is 69.6 Å². The first-order valence-corrected chi connectivity index (χ1v) is 14.5. The largest absolute Gasteiger partial charge is 0.457 e. The molecule has 0 aliphatic carbocycles. The van der Waals surface area contributed by atoms with Crippen LogP contribution in [0.1, 0.15) is 49.2 Å². The predicted molar refractivity (Wildman–Crippen MR) is 166 cm³/mol. The molecule has 45 heavy (non-hydrogen) atoms. The van der Waals surface area contributed by atoms with Gasteiger partial charge in [0.1, 0.15) is 6.61 Å². The maximum atomic E-state index is 14.5. The van der Waals surface area contributed by atoms with Crippen LogP contribution in [-0.2, 0) is 16.1 Å². The zero-order chi connectivity index (χ0) is 32.9. The number of carbonyl (C=O) groups excluding carboxylic acids is 2. The summed E-state index contributed by atoms with van der Waals surface area (Å²) >= 11 is 0. The number of rotatable bonds is 12. The topological polar surface area (TPSA) is 106 Å². The van der Waals surface area contributed by atoms with Crippen molar-refractivity contribution in [3.63, 3.8) is 0 Å². The fraction of sp³-hybridized carbons (Fsp3) is 0.364. The molecular weight excluding hydrogens is 587 g/mol. The molecule has 1 atom stereocenters. The van der Waals surface area contributed by atoms with Gasteiger partial charge in [-0.2, -0.15) is 18.3 Å². The van der Waals surface area contributed by atoms with Gasteiger partial charge >= 0.3 is 12.1 Å². The number of nitrogens with zero attached hydrogens (tertiary/aromatic N) is 4. The summed E-state index contributed by atoms with van der Waals surface area (Å²) in [6.07, 6.45) is -3.56. The lowest BCUT2D eigenvalue weighted by Gasteiger charge is -2.37. The highest BCUT2D eigenvalue weighted by atomic mass is 19.4. The molecule has 238 valence electrons. The number of halogens is 3. The summed E-state index contributed by atoms with van der Waals surface area (Å²) < 4.78 is 50.6. The first-order valence-electron chi connectivity index (χ1n) is 14.5. The van der Waals surface area contributed by atoms with Crippen LogP contribution in [0.5, 0.6) is 0 Å². The van der Waals surface area contributed by atoms with E-state index in [-0.39, 0.29) is 6.61 Å². The van der Waals surface area contributed by atoms with Gasteiger partial charge < -0.3 is 15.0 Å². The second-order valence-electron chi connectivity index (χ2n) is 11.6. The van der Waals surface area contributed by atoms with Gasteiger partial charge in [0.15, 0.2) is 0 Å². The van der Waals surface area contributed by atoms with Gasteiger partial charge in [0.25, 0.3) is 0 Å². The van der Waals surface area contributed by atoms with Crippen LogP contribution >= 0.6 is 0 Å². The molecule has 4 aromatic rings. The van der Waals surface area contributed by atoms with Gasteiger partial charge in [-0.1, -0.05) is 50.2 Å². The molecule has 0 spiro atoms. The van der Waals surface area contributed by atoms with Crippen molar-refractivity contribution in [2.24, 2.45) is 11.1 Å². The summed E-state index contributed by atoms with van der Waals surface area (Å²) in [4.78, 5) is 38.6. The molecule has 1 N–H and O–H groups in total. The number of carbonyl (C=O) groups is 2. The van der Waals surface area contributed by atoms with Crippen LogP contribution in [0.3, 0.4) is 0 Å². The number of amides is 1. The van der Waals surface area contributed by atoms with Crippen molar-refractivity contribution in [3.05, 3.63) is 94.5 Å². The molecule has 9 nitrogen and oxygen atoms in total. The molecule has 0 saturated heterocycles. The summed E-state index contributed by atoms with van der Waals surface area (Å²) in [5.74, 6) is -1.59. The van der Waals surface area contributed by atoms with Crippen molar-refractivity contribution in [1.29, 1.82) is 0 Å². The number of benzene rings is 3. The number of anilines is 1. The van der Waals surface area contributed by atoms with Crippen LogP contribution in [0.4, 0.5) is 18.9 Å². The number of esters is 1. The number of ether oxygens (including phenoxy) is 1. The number of hydrogen-bond donors (Lipinski definition) is 1. The minimum atomic E-state index is -5.05. The number of nitroso groups, excluding NO2 is 1. The minimum absolute atomic E-state index is 0.110. The Bertz CT molecular complexity index is 1670. The van der Waals surface area contributed by atoms with Crippen molar-refractivity contribution < 1.29 is 27.5 Å². The van der Waals surface area contributed by atoms with Crippen LogP contribution < -0.4 is 5.32 Å². The number of alkyl halides is 3. The monoisotopic (exact) mass is 623 g/mol. The zero-order valence-electron chi connectivity index (χ0n) is 25.8. The van der Waals surface area contributed by atoms with Gasteiger partial charge in [0, 0.05) is 23.0 Å². The minimum Gasteiger partial charge on any atom is -0.457 e. The first-order chi connectivity index (χ1) is 21.3. The van der Waals surface area contributed by atoms with Gasteiger partial charge in [0.05, 0.1) is 36.1 Å². The van der Waals surface area contributed by atoms with Crippen molar-refractivity contribution in [2.75, 3.05) is 18.4 Å². The van der Waals surface area contributed by atoms with Crippen LogP contribution in [0.25, 0.3) is 16.6 Å². The SMILES string of the molecule is Cc1cc(NCC(CN(C(=O)C(C)C)C(C)C)(N=O)C(F)(F)F)c2cnn(-c3cccc(C(=O)OCc4ccccc4)c3)c2c1. The Morgan fingerprint density at radius 2 is 1.73 bits per heavy atom. The number of aryl methyl sites for hydroxylation is 1. The second kappa shape index (κ2) is 13.5. The van der Waals surface area contributed by atoms with Gasteiger partial charge in [-0.3, -0.25) is 4.79 Å². The van der Waals surface area contributed by atoms with E-state index in [0.717, 1.165) is 10.5 Å². The van der Waals surface area contributed by atoms with E-state index in [1.165, 1.54) is 6.20 Å². The highest BCUT2D eigenvalue weighted by Crippen LogP contribution is 2.37. The number of hydrogen-bond acceptors (Lipinski definition) is 7. The molecule has 1 heterocycles. The molecule has 0 aliphatic heterocycles. The van der Waals surface area contributed by atoms with Crippen molar-refractivity contribution in [1.82, 2.24) is 14.7 Å². The summed E-state index contributed by atoms with van der Waals surface area (Å²) in [5.41, 5.74) is 0.146. The molecule has 3 aromatic carbocycles. The maximum Gasteiger partial charge on any atom is 0.420 e. The van der Waals surface area contributed by atoms with E-state index in [9.17, 15) is 27.7 Å². The van der Waals surface area contributed by atoms with E-state index in [1.807, 2.05) is 36.4 Å². The molecule has 1 unspecified atom stereocenters. The van der Waals surface area contributed by atoms with E-state index in [2.05, 4.69) is 15.6 Å². The molecule has 0 radical (unpaired) electrons. The lowest BCUT2D eigenvalue weighted by atomic mass is 9.96. The third kappa shape index (κ3) is 7.33. The first kappa shape index (κ1) is 33.2. The Balaban J connectivity index is 1.63. The van der Waals surface area contributed by atoms with Gasteiger partial charge in [0.2, 0.25) is 11.4 Å². The average Bonchev–Trinajstić information content (AvgIpc) is 3.43. The van der Waals surface area contributed by atoms with Gasteiger partial charge in [-0.25, -0.2) is 9.48 Å². The fourth-order valence-electron chi connectivity index (χ4n) is 4.92. The molecular formula is C33H36F3N5O4. The average molecular weight is 624 g/mol. The highest BCUT2D eigenvalue weighted by molar-refractivity contribution is 5.94. The van der Waals surface area contributed by atoms with Crippen molar-refractivity contribution >= 4 is 28.5 Å². The normalized spacial score (nSPS) is 13.1. The summed E-state index contributed by atoms with van der Waals surface area (Å²) in [6, 6.07) is 18.8. The van der Waals surface area contributed by atoms with Crippen molar-refractivity contribution in [2.45, 2.75) is 59.0 Å². The molecule has 1 amide bonds. The van der Waals surface area contributed by atoms with E-state index in [4.69, 9.17) is 4.74 Å². The lowest BCUT2D eigenvalue weighted by molar-refractivity contribution is -0.188. The van der Waals surface area contributed by atoms with Crippen LogP contribution in [0, 0.1) is 17.7 Å². The van der Waals surface area contributed by atoms with Gasteiger partial charge in [-0.15, -0.1) is 4.91 Å². The van der Waals surface area contributed by atoms with Gasteiger partial charge in [-0.05, 0) is 67.4 Å². The molecule has 4 rings (SSSR count). The third-order valence-corrected chi connectivity index (χ3v) is 7.48. The standard InChI is InChI=1S/C33H36F3N5O4/c1-21(2)30(42)40(22(3)4)20-32(39-44,33(34,35)36)19-37-28-14-23(5)15-29-27(28)17-38-41(29)26-13-9-12-25(16-26)31(43)45-18-24-10-7-6-8-11-24/h6-17,21-22,37H,18-20H2,1-5H3. The maximum absolute atomic E-state index is 14.5. The lowest BCUT2D eigenvalue weighted by Crippen LogP contribution is -2.59. The molecule has 0 bridgehead atoms. The Morgan fingerprint density at radius 3 is 2.36 bits per heavy atom. The van der Waals surface area contributed by atoms with E-state index >= 15 is 0 Å². The van der Waals surface area contributed by atoms with Crippen LogP contribution in [-0.4, -0.2) is 57.4 Å². The summed E-state index contributed by atoms with van der Waals surface area (Å²) in [5, 5.41) is 10.3. The quantitative estimate of drug-likeness (QED) is 0.134. The molecule has 0 saturated carbocycles. The molecule has 0 fully saturated rings. The Hall–Kier alpha value is -4.74. The molecule has 12 heteroatoms. The number of nitrogens with one attached hydrogen (secondary N) is 1. The number of fused-ring (bicyclic) bond motifs is 1. The zero-order valence-corrected chi connectivity index (χ0v) is 25.8. The summed E-state index contributed by atoms with van der Waals surface area (Å²) in [7, 11) is 0. The van der Waals surface area contributed by atoms with E-state index in [0.29, 0.717) is 33.4 Å². The predicted octanol–water partition coefficient (Wildman–Crippen LogP) is 7.06. The van der Waals surface area contributed by atoms with Crippen LogP contribution in [0.15, 0.2) is 78.1 Å². The Kier molecular flexibility index (Phi) is 9.94. The molecule has 0 aliphatic rings. The van der Waals surface area contributed by atoms with Crippen LogP contribution in [0.2, 0.25) is 0 Å².